The fourth-order valence-corrected chi connectivity index (χ4v) is 2.68. The average molecular weight is 153 g/mol. The Morgan fingerprint density at radius 2 is 2.22 bits per heavy atom. The minimum absolute atomic E-state index is 0.606. The molecule has 0 N–H and O–H groups in total. The van der Waals surface area contributed by atoms with Gasteiger partial charge >= 0.3 is 0 Å². The lowest BCUT2D eigenvalue weighted by Gasteiger charge is -2.08. The van der Waals surface area contributed by atoms with E-state index in [9.17, 15) is 0 Å². The number of hydrogen-bond donors (Lipinski definition) is 0. The van der Waals surface area contributed by atoms with Gasteiger partial charge in [0.15, 0.2) is 0 Å². The molecule has 0 nitrogen and oxygen atoms in total. The zero-order chi connectivity index (χ0) is 6.10. The van der Waals surface area contributed by atoms with E-state index in [4.69, 9.17) is 0 Å². The monoisotopic (exact) mass is 153 g/mol. The van der Waals surface area contributed by atoms with Crippen LogP contribution < -0.4 is 0 Å². The van der Waals surface area contributed by atoms with Crippen LogP contribution in [0.3, 0.4) is 0 Å². The second-order valence-electron chi connectivity index (χ2n) is 1.81. The normalized spacial score (nSPS) is 30.2. The molecule has 0 aromatic heterocycles. The molecule has 2 heteroatoms. The lowest BCUT2D eigenvalue weighted by Crippen LogP contribution is -1.94. The first-order valence-electron chi connectivity index (χ1n) is 2.73. The van der Waals surface area contributed by atoms with Crippen molar-refractivity contribution < 1.29 is 0 Å². The zero-order valence-electron chi connectivity index (χ0n) is 4.70. The van der Waals surface area contributed by atoms with Gasteiger partial charge in [-0.05, 0) is 28.5 Å². The summed E-state index contributed by atoms with van der Waals surface area (Å²) in [5.41, 5.74) is 1.33. The quantitative estimate of drug-likeness (QED) is 0.524. The smallest absolute Gasteiger partial charge is 0.0839 e. The van der Waals surface area contributed by atoms with Crippen LogP contribution in [0.2, 0.25) is 0 Å². The highest BCUT2D eigenvalue weighted by Gasteiger charge is 2.17. The van der Waals surface area contributed by atoms with Gasteiger partial charge in [-0.25, -0.2) is 0 Å². The number of thioether (sulfide) groups is 2. The van der Waals surface area contributed by atoms with E-state index in [0.717, 1.165) is 0 Å². The Bertz CT molecular complexity index is 201. The minimum atomic E-state index is 0.606. The van der Waals surface area contributed by atoms with E-state index in [1.54, 1.807) is 0 Å². The molecule has 2 rings (SSSR count). The zero-order valence-corrected chi connectivity index (χ0v) is 6.34. The molecule has 1 radical (unpaired) electrons. The maximum atomic E-state index is 3.19. The van der Waals surface area contributed by atoms with Crippen molar-refractivity contribution in [2.75, 3.05) is 0 Å². The van der Waals surface area contributed by atoms with E-state index in [1.807, 2.05) is 29.6 Å². The second-order valence-corrected chi connectivity index (χ2v) is 4.14. The van der Waals surface area contributed by atoms with Crippen molar-refractivity contribution >= 4 is 23.5 Å². The molecule has 0 bridgehead atoms. The molecule has 0 aromatic rings. The van der Waals surface area contributed by atoms with E-state index < -0.39 is 0 Å². The number of rotatable bonds is 0. The third-order valence-electron chi connectivity index (χ3n) is 1.22. The van der Waals surface area contributed by atoms with Crippen molar-refractivity contribution in [3.63, 3.8) is 0 Å². The van der Waals surface area contributed by atoms with Gasteiger partial charge in [-0.2, -0.15) is 0 Å². The molecule has 0 saturated heterocycles. The van der Waals surface area contributed by atoms with E-state index in [0.29, 0.717) is 4.58 Å². The fourth-order valence-electron chi connectivity index (χ4n) is 0.798. The highest BCUT2D eigenvalue weighted by Crippen LogP contribution is 2.39. The first kappa shape index (κ1) is 5.69. The Morgan fingerprint density at radius 1 is 1.33 bits per heavy atom. The largest absolute Gasteiger partial charge is 0.114 e. The van der Waals surface area contributed by atoms with Crippen molar-refractivity contribution in [3.05, 3.63) is 34.6 Å². The van der Waals surface area contributed by atoms with Crippen LogP contribution in [0.4, 0.5) is 0 Å². The van der Waals surface area contributed by atoms with Crippen molar-refractivity contribution in [1.82, 2.24) is 0 Å². The van der Waals surface area contributed by atoms with Crippen LogP contribution in [-0.4, -0.2) is 4.58 Å². The number of allylic oxidation sites excluding steroid dienone is 3. The molecule has 2 aliphatic rings. The molecular formula is C7H5S2. The SMILES string of the molecule is [C]1=C2C=CSC2SC=C1. The molecule has 0 spiro atoms. The van der Waals surface area contributed by atoms with Crippen LogP contribution in [0.1, 0.15) is 0 Å². The van der Waals surface area contributed by atoms with Gasteiger partial charge < -0.3 is 0 Å². The summed E-state index contributed by atoms with van der Waals surface area (Å²) in [5.74, 6) is 0. The van der Waals surface area contributed by atoms with Gasteiger partial charge in [0.1, 0.15) is 0 Å². The van der Waals surface area contributed by atoms with E-state index in [2.05, 4.69) is 23.0 Å². The first-order valence-corrected chi connectivity index (χ1v) is 4.61. The second kappa shape index (κ2) is 2.27. The third kappa shape index (κ3) is 0.970. The first-order chi connectivity index (χ1) is 4.47. The standard InChI is InChI=1S/C7H5S2/c1-2-6-3-5-9-7(6)8-4-1/h1,3-5,7H. The van der Waals surface area contributed by atoms with Gasteiger partial charge in [-0.15, -0.1) is 23.5 Å². The van der Waals surface area contributed by atoms with Gasteiger partial charge in [0.2, 0.25) is 0 Å². The molecule has 0 aliphatic carbocycles. The summed E-state index contributed by atoms with van der Waals surface area (Å²) in [6, 6.07) is 0. The van der Waals surface area contributed by atoms with Gasteiger partial charge in [0, 0.05) is 0 Å². The summed E-state index contributed by atoms with van der Waals surface area (Å²) < 4.78 is 0.606. The summed E-state index contributed by atoms with van der Waals surface area (Å²) in [6.07, 6.45) is 7.30. The van der Waals surface area contributed by atoms with Crippen LogP contribution in [0, 0.1) is 6.08 Å². The molecule has 0 aromatic carbocycles. The molecule has 1 atom stereocenters. The van der Waals surface area contributed by atoms with Gasteiger partial charge in [0.25, 0.3) is 0 Å². The Morgan fingerprint density at radius 3 is 3.11 bits per heavy atom. The molecule has 2 heterocycles. The van der Waals surface area contributed by atoms with Crippen LogP contribution in [0.15, 0.2) is 28.5 Å². The summed E-state index contributed by atoms with van der Waals surface area (Å²) in [6.45, 7) is 0. The molecular weight excluding hydrogens is 148 g/mol. The lowest BCUT2D eigenvalue weighted by molar-refractivity contribution is 1.47. The molecule has 0 fully saturated rings. The van der Waals surface area contributed by atoms with Crippen molar-refractivity contribution in [2.45, 2.75) is 4.58 Å². The lowest BCUT2D eigenvalue weighted by atomic mass is 10.3. The van der Waals surface area contributed by atoms with Gasteiger partial charge in [0.05, 0.1) is 4.58 Å². The van der Waals surface area contributed by atoms with E-state index in [-0.39, 0.29) is 0 Å². The molecule has 2 aliphatic heterocycles. The maximum Gasteiger partial charge on any atom is 0.0839 e. The van der Waals surface area contributed by atoms with Crippen LogP contribution in [-0.2, 0) is 0 Å². The predicted molar refractivity (Wildman–Crippen MR) is 44.0 cm³/mol. The summed E-state index contributed by atoms with van der Waals surface area (Å²) in [4.78, 5) is 0. The maximum absolute atomic E-state index is 3.19. The van der Waals surface area contributed by atoms with E-state index in [1.165, 1.54) is 5.57 Å². The van der Waals surface area contributed by atoms with Crippen LogP contribution in [0.25, 0.3) is 0 Å². The summed E-state index contributed by atoms with van der Waals surface area (Å²) in [7, 11) is 0. The number of fused-ring (bicyclic) bond motifs is 1. The van der Waals surface area contributed by atoms with Crippen LogP contribution >= 0.6 is 23.5 Å². The Hall–Kier alpha value is -0.0800. The number of hydrogen-bond acceptors (Lipinski definition) is 2. The predicted octanol–water partition coefficient (Wildman–Crippen LogP) is 2.56. The van der Waals surface area contributed by atoms with Gasteiger partial charge in [-0.1, -0.05) is 6.08 Å². The molecule has 1 unspecified atom stereocenters. The molecule has 0 amide bonds. The highest BCUT2D eigenvalue weighted by atomic mass is 32.2. The van der Waals surface area contributed by atoms with Crippen LogP contribution in [0.5, 0.6) is 0 Å². The van der Waals surface area contributed by atoms with Crippen molar-refractivity contribution in [2.24, 2.45) is 0 Å². The van der Waals surface area contributed by atoms with Crippen molar-refractivity contribution in [1.29, 1.82) is 0 Å². The summed E-state index contributed by atoms with van der Waals surface area (Å²) >= 11 is 3.71. The Labute approximate surface area is 63.1 Å². The minimum Gasteiger partial charge on any atom is -0.114 e. The molecule has 0 saturated carbocycles. The average Bonchev–Trinajstić information content (AvgIpc) is 2.33. The van der Waals surface area contributed by atoms with E-state index >= 15 is 0 Å². The molecule has 45 valence electrons. The Balaban J connectivity index is 2.31. The fraction of sp³-hybridized carbons (Fsp3) is 0.143. The van der Waals surface area contributed by atoms with Crippen molar-refractivity contribution in [3.8, 4) is 0 Å². The third-order valence-corrected chi connectivity index (χ3v) is 3.48. The highest BCUT2D eigenvalue weighted by molar-refractivity contribution is 8.20. The topological polar surface area (TPSA) is 0 Å². The summed E-state index contributed by atoms with van der Waals surface area (Å²) in [5, 5.41) is 4.22. The van der Waals surface area contributed by atoms with Gasteiger partial charge in [-0.3, -0.25) is 0 Å². The Kier molecular flexibility index (Phi) is 1.44. The molecule has 9 heavy (non-hydrogen) atoms.